The highest BCUT2D eigenvalue weighted by Crippen LogP contribution is 2.38. The second-order valence-electron chi connectivity index (χ2n) is 8.44. The molecule has 2 heterocycles. The summed E-state index contributed by atoms with van der Waals surface area (Å²) in [6.45, 7) is 0. The topological polar surface area (TPSA) is 54.5 Å². The summed E-state index contributed by atoms with van der Waals surface area (Å²) in [6.07, 6.45) is 5.01. The first kappa shape index (κ1) is 22.4. The summed E-state index contributed by atoms with van der Waals surface area (Å²) in [5.74, 6) is 0.214. The SMILES string of the molecule is CN(C)C(c1cccc(F)c1)C1CCC(NC(=O)Oc2ccc(-c3ccccn3)s2)CC1. The molecule has 168 valence electrons. The molecule has 4 rings (SSSR count). The first-order valence-corrected chi connectivity index (χ1v) is 11.7. The largest absolute Gasteiger partial charge is 0.413 e. The van der Waals surface area contributed by atoms with Crippen molar-refractivity contribution in [1.29, 1.82) is 0 Å². The van der Waals surface area contributed by atoms with Crippen molar-refractivity contribution >= 4 is 17.4 Å². The van der Waals surface area contributed by atoms with Crippen LogP contribution in [0.4, 0.5) is 9.18 Å². The van der Waals surface area contributed by atoms with Crippen LogP contribution in [0.2, 0.25) is 0 Å². The Hall–Kier alpha value is -2.77. The molecule has 0 aliphatic heterocycles. The number of hydrogen-bond donors (Lipinski definition) is 1. The summed E-state index contributed by atoms with van der Waals surface area (Å²) in [6, 6.07) is 16.6. The second-order valence-corrected chi connectivity index (χ2v) is 9.49. The number of rotatable bonds is 6. The van der Waals surface area contributed by atoms with Gasteiger partial charge >= 0.3 is 6.09 Å². The van der Waals surface area contributed by atoms with Crippen molar-refractivity contribution < 1.29 is 13.9 Å². The van der Waals surface area contributed by atoms with E-state index in [0.29, 0.717) is 11.0 Å². The smallest absolute Gasteiger partial charge is 0.399 e. The van der Waals surface area contributed by atoms with Crippen LogP contribution in [0.3, 0.4) is 0 Å². The van der Waals surface area contributed by atoms with E-state index in [1.165, 1.54) is 17.4 Å². The minimum Gasteiger partial charge on any atom is -0.399 e. The Labute approximate surface area is 192 Å². The van der Waals surface area contributed by atoms with Crippen LogP contribution in [-0.2, 0) is 0 Å². The lowest BCUT2D eigenvalue weighted by molar-refractivity contribution is 0.151. The zero-order chi connectivity index (χ0) is 22.5. The van der Waals surface area contributed by atoms with E-state index in [4.69, 9.17) is 4.74 Å². The van der Waals surface area contributed by atoms with Gasteiger partial charge in [0.05, 0.1) is 10.6 Å². The van der Waals surface area contributed by atoms with Gasteiger partial charge in [0.25, 0.3) is 0 Å². The van der Waals surface area contributed by atoms with Gasteiger partial charge in [-0.3, -0.25) is 4.98 Å². The molecule has 3 aromatic rings. The summed E-state index contributed by atoms with van der Waals surface area (Å²) in [7, 11) is 4.08. The van der Waals surface area contributed by atoms with E-state index in [-0.39, 0.29) is 17.9 Å². The van der Waals surface area contributed by atoms with E-state index >= 15 is 0 Å². The third-order valence-corrected chi connectivity index (χ3v) is 6.96. The van der Waals surface area contributed by atoms with E-state index in [1.54, 1.807) is 24.4 Å². The van der Waals surface area contributed by atoms with Gasteiger partial charge in [0.1, 0.15) is 5.82 Å². The molecule has 7 heteroatoms. The van der Waals surface area contributed by atoms with Gasteiger partial charge in [-0.15, -0.1) is 0 Å². The molecular weight excluding hydrogens is 425 g/mol. The summed E-state index contributed by atoms with van der Waals surface area (Å²) in [4.78, 5) is 19.9. The van der Waals surface area contributed by atoms with Crippen LogP contribution in [-0.4, -0.2) is 36.1 Å². The monoisotopic (exact) mass is 453 g/mol. The molecule has 0 saturated heterocycles. The van der Waals surface area contributed by atoms with Crippen molar-refractivity contribution in [2.75, 3.05) is 14.1 Å². The molecule has 1 atom stereocenters. The number of carbonyl (C=O) groups excluding carboxylic acids is 1. The fourth-order valence-electron chi connectivity index (χ4n) is 4.57. The quantitative estimate of drug-likeness (QED) is 0.505. The van der Waals surface area contributed by atoms with Crippen LogP contribution < -0.4 is 10.1 Å². The Balaban J connectivity index is 1.30. The number of aromatic nitrogens is 1. The van der Waals surface area contributed by atoms with Crippen molar-refractivity contribution in [3.63, 3.8) is 0 Å². The molecule has 0 radical (unpaired) electrons. The maximum Gasteiger partial charge on any atom is 0.413 e. The van der Waals surface area contributed by atoms with Gasteiger partial charge in [0, 0.05) is 18.3 Å². The van der Waals surface area contributed by atoms with E-state index < -0.39 is 6.09 Å². The van der Waals surface area contributed by atoms with Crippen molar-refractivity contribution in [1.82, 2.24) is 15.2 Å². The zero-order valence-electron chi connectivity index (χ0n) is 18.3. The summed E-state index contributed by atoms with van der Waals surface area (Å²) >= 11 is 1.40. The van der Waals surface area contributed by atoms with Crippen LogP contribution in [0.15, 0.2) is 60.8 Å². The Bertz CT molecular complexity index is 1030. The predicted octanol–water partition coefficient (Wildman–Crippen LogP) is 5.90. The molecular formula is C25H28FN3O2S. The highest BCUT2D eigenvalue weighted by molar-refractivity contribution is 7.17. The van der Waals surface area contributed by atoms with Gasteiger partial charge in [0.15, 0.2) is 5.06 Å². The van der Waals surface area contributed by atoms with Gasteiger partial charge in [-0.1, -0.05) is 29.5 Å². The number of nitrogens with one attached hydrogen (secondary N) is 1. The number of carbonyl (C=O) groups is 1. The van der Waals surface area contributed by atoms with Crippen LogP contribution in [0.5, 0.6) is 5.06 Å². The molecule has 1 aliphatic carbocycles. The lowest BCUT2D eigenvalue weighted by atomic mass is 9.78. The summed E-state index contributed by atoms with van der Waals surface area (Å²) in [5.41, 5.74) is 1.87. The third-order valence-electron chi connectivity index (χ3n) is 5.98. The standard InChI is InChI=1S/C25H28FN3O2S/c1-29(2)24(18-6-5-7-19(26)16-18)17-9-11-20(12-10-17)28-25(30)31-23-14-13-22(32-23)21-8-3-4-15-27-21/h3-8,13-17,20,24H,9-12H2,1-2H3,(H,28,30). The molecule has 1 unspecified atom stereocenters. The van der Waals surface area contributed by atoms with Crippen molar-refractivity contribution in [2.45, 2.75) is 37.8 Å². The number of thiophene rings is 1. The van der Waals surface area contributed by atoms with E-state index in [2.05, 4.69) is 15.2 Å². The second kappa shape index (κ2) is 10.2. The number of ether oxygens (including phenoxy) is 1. The molecule has 0 bridgehead atoms. The van der Waals surface area contributed by atoms with E-state index in [1.807, 2.05) is 44.4 Å². The van der Waals surface area contributed by atoms with Gasteiger partial charge < -0.3 is 15.0 Å². The van der Waals surface area contributed by atoms with Gasteiger partial charge in [-0.25, -0.2) is 9.18 Å². The lowest BCUT2D eigenvalue weighted by Gasteiger charge is -2.37. The molecule has 1 aliphatic rings. The first-order valence-electron chi connectivity index (χ1n) is 10.9. The predicted molar refractivity (Wildman–Crippen MR) is 125 cm³/mol. The average Bonchev–Trinajstić information content (AvgIpc) is 3.24. The molecule has 1 saturated carbocycles. The van der Waals surface area contributed by atoms with E-state index in [9.17, 15) is 9.18 Å². The molecule has 1 N–H and O–H groups in total. The Morgan fingerprint density at radius 2 is 1.94 bits per heavy atom. The third kappa shape index (κ3) is 5.53. The normalized spacial score (nSPS) is 19.5. The highest BCUT2D eigenvalue weighted by Gasteiger charge is 2.31. The maximum atomic E-state index is 13.8. The van der Waals surface area contributed by atoms with Crippen LogP contribution >= 0.6 is 11.3 Å². The molecule has 5 nitrogen and oxygen atoms in total. The molecule has 1 fully saturated rings. The fourth-order valence-corrected chi connectivity index (χ4v) is 5.40. The van der Waals surface area contributed by atoms with Crippen molar-refractivity contribution in [3.05, 3.63) is 72.2 Å². The Kier molecular flexibility index (Phi) is 7.17. The minimum atomic E-state index is -0.419. The summed E-state index contributed by atoms with van der Waals surface area (Å²) < 4.78 is 19.3. The molecule has 1 aromatic carbocycles. The minimum absolute atomic E-state index is 0.0873. The molecule has 2 aromatic heterocycles. The Morgan fingerprint density at radius 3 is 2.62 bits per heavy atom. The summed E-state index contributed by atoms with van der Waals surface area (Å²) in [5, 5.41) is 3.56. The number of halogens is 1. The fraction of sp³-hybridized carbons (Fsp3) is 0.360. The maximum absolute atomic E-state index is 13.8. The molecule has 0 spiro atoms. The number of hydrogen-bond acceptors (Lipinski definition) is 5. The lowest BCUT2D eigenvalue weighted by Crippen LogP contribution is -2.41. The van der Waals surface area contributed by atoms with Crippen molar-refractivity contribution in [3.8, 4) is 15.6 Å². The first-order chi connectivity index (χ1) is 15.5. The number of benzene rings is 1. The molecule has 32 heavy (non-hydrogen) atoms. The Morgan fingerprint density at radius 1 is 1.12 bits per heavy atom. The van der Waals surface area contributed by atoms with Gasteiger partial charge in [-0.2, -0.15) is 0 Å². The highest BCUT2D eigenvalue weighted by atomic mass is 32.1. The average molecular weight is 454 g/mol. The molecule has 1 amide bonds. The number of amides is 1. The number of nitrogens with zero attached hydrogens (tertiary/aromatic N) is 2. The van der Waals surface area contributed by atoms with Crippen LogP contribution in [0.25, 0.3) is 10.6 Å². The number of pyridine rings is 1. The van der Waals surface area contributed by atoms with Crippen LogP contribution in [0.1, 0.15) is 37.3 Å². The van der Waals surface area contributed by atoms with Gasteiger partial charge in [-0.05, 0) is 87.7 Å². The van der Waals surface area contributed by atoms with Gasteiger partial charge in [0.2, 0.25) is 0 Å². The zero-order valence-corrected chi connectivity index (χ0v) is 19.1. The van der Waals surface area contributed by atoms with Crippen LogP contribution in [0, 0.1) is 11.7 Å². The van der Waals surface area contributed by atoms with Crippen molar-refractivity contribution in [2.24, 2.45) is 5.92 Å². The van der Waals surface area contributed by atoms with E-state index in [0.717, 1.165) is 41.8 Å².